The van der Waals surface area contributed by atoms with Crippen LogP contribution in [0.15, 0.2) is 54.6 Å². The molecule has 2 aromatic rings. The standard InChI is InChI=1S/C31H38F5N5O7S/c1-18(2)15-23(39-26(44)22(37)16-19-9-11-21(42)12-10-19)27(45)38-17-25(43)40(24(28(46)47)13-14-49-3)29(48)31(34,41(35)36)30(32,33)20-7-5-4-6-8-20/h4-12,18,22-24,42H,13-17,37H2,1-3H3,(H,38,45)(H,39,44)(H,46,47)/t22-,23+,24-,31+/m0/s1. The van der Waals surface area contributed by atoms with E-state index in [1.807, 2.05) is 5.32 Å². The minimum Gasteiger partial charge on any atom is -0.508 e. The summed E-state index contributed by atoms with van der Waals surface area (Å²) >= 11 is 0.997. The molecular weight excluding hydrogens is 681 g/mol. The maximum atomic E-state index is 15.9. The van der Waals surface area contributed by atoms with Crippen LogP contribution in [0, 0.1) is 5.92 Å². The van der Waals surface area contributed by atoms with Gasteiger partial charge in [-0.1, -0.05) is 65.3 Å². The number of benzene rings is 2. The average molecular weight is 720 g/mol. The first kappa shape index (κ1) is 40.9. The Labute approximate surface area is 283 Å². The number of hydrogen-bond donors (Lipinski definition) is 5. The van der Waals surface area contributed by atoms with Crippen LogP contribution < -0.4 is 16.4 Å². The molecule has 4 atom stereocenters. The quantitative estimate of drug-likeness (QED) is 0.0873. The van der Waals surface area contributed by atoms with Crippen molar-refractivity contribution < 1.29 is 56.3 Å². The van der Waals surface area contributed by atoms with Gasteiger partial charge >= 0.3 is 17.7 Å². The van der Waals surface area contributed by atoms with Crippen LogP contribution in [0.3, 0.4) is 0 Å². The number of aromatic hydroxyl groups is 1. The normalized spacial score (nSPS) is 14.8. The minimum atomic E-state index is -5.57. The molecule has 0 heterocycles. The molecule has 0 aliphatic heterocycles. The van der Waals surface area contributed by atoms with Crippen LogP contribution in [0.5, 0.6) is 5.75 Å². The number of hydrogen-bond acceptors (Lipinski definition) is 9. The lowest BCUT2D eigenvalue weighted by atomic mass is 9.96. The maximum Gasteiger partial charge on any atom is 0.365 e. The first-order chi connectivity index (χ1) is 22.9. The van der Waals surface area contributed by atoms with Crippen molar-refractivity contribution in [2.45, 2.75) is 63.0 Å². The number of amides is 4. The molecule has 0 unspecified atom stereocenters. The summed E-state index contributed by atoms with van der Waals surface area (Å²) in [7, 11) is 0. The van der Waals surface area contributed by atoms with Crippen LogP contribution in [-0.2, 0) is 36.3 Å². The van der Waals surface area contributed by atoms with E-state index in [9.17, 15) is 43.1 Å². The molecule has 0 saturated heterocycles. The van der Waals surface area contributed by atoms with Crippen molar-refractivity contribution in [1.29, 1.82) is 0 Å². The summed E-state index contributed by atoms with van der Waals surface area (Å²) in [5.74, 6) is -19.8. The predicted molar refractivity (Wildman–Crippen MR) is 169 cm³/mol. The lowest BCUT2D eigenvalue weighted by Crippen LogP contribution is -2.65. The molecule has 0 fully saturated rings. The SMILES string of the molecule is CSCC[C@@H](C(=O)O)N(C(=O)CNC(=O)[C@@H](CC(C)C)NC(=O)[C@@H](N)Cc1ccc(O)cc1)C(=O)[C@@](F)(N(F)F)C(F)(F)c1ccccc1. The molecular formula is C31H38F5N5O7S. The van der Waals surface area contributed by atoms with Crippen LogP contribution >= 0.6 is 11.8 Å². The highest BCUT2D eigenvalue weighted by Gasteiger charge is 2.70. The third kappa shape index (κ3) is 10.4. The number of nitrogens with zero attached hydrogens (tertiary/aromatic N) is 2. The Hall–Kier alpha value is -4.29. The Bertz CT molecular complexity index is 1460. The molecule has 270 valence electrons. The van der Waals surface area contributed by atoms with Crippen molar-refractivity contribution >= 4 is 41.4 Å². The maximum absolute atomic E-state index is 15.9. The van der Waals surface area contributed by atoms with Gasteiger partial charge in [-0.3, -0.25) is 24.1 Å². The molecule has 0 spiro atoms. The second-order valence-electron chi connectivity index (χ2n) is 11.4. The van der Waals surface area contributed by atoms with Gasteiger partial charge in [-0.05, 0) is 54.9 Å². The molecule has 18 heteroatoms. The van der Waals surface area contributed by atoms with Gasteiger partial charge in [0, 0.05) is 5.56 Å². The molecule has 0 bridgehead atoms. The number of phenols is 1. The number of nitrogens with two attached hydrogens (primary N) is 1. The molecule has 0 aliphatic carbocycles. The molecule has 12 nitrogen and oxygen atoms in total. The summed E-state index contributed by atoms with van der Waals surface area (Å²) in [4.78, 5) is 64.3. The lowest BCUT2D eigenvalue weighted by Gasteiger charge is -2.37. The average Bonchev–Trinajstić information content (AvgIpc) is 3.05. The fourth-order valence-corrected chi connectivity index (χ4v) is 5.12. The number of carboxylic acid groups (broad SMARTS) is 1. The second kappa shape index (κ2) is 17.9. The number of halogens is 5. The van der Waals surface area contributed by atoms with Crippen molar-refractivity contribution in [3.05, 3.63) is 65.7 Å². The molecule has 0 radical (unpaired) electrons. The molecule has 0 aliphatic rings. The smallest absolute Gasteiger partial charge is 0.365 e. The summed E-state index contributed by atoms with van der Waals surface area (Å²) < 4.78 is 74.9. The van der Waals surface area contributed by atoms with Gasteiger partial charge in [-0.2, -0.15) is 20.5 Å². The summed E-state index contributed by atoms with van der Waals surface area (Å²) in [5, 5.41) is 21.0. The molecule has 2 aromatic carbocycles. The number of phenolic OH excluding ortho intramolecular Hbond substituents is 1. The zero-order valence-corrected chi connectivity index (χ0v) is 27.6. The van der Waals surface area contributed by atoms with Crippen molar-refractivity contribution in [3.8, 4) is 5.75 Å². The van der Waals surface area contributed by atoms with E-state index in [1.165, 1.54) is 36.6 Å². The number of carbonyl (C=O) groups excluding carboxylic acids is 4. The third-order valence-corrected chi connectivity index (χ3v) is 7.88. The number of nitrogens with one attached hydrogen (secondary N) is 2. The topological polar surface area (TPSA) is 182 Å². The summed E-state index contributed by atoms with van der Waals surface area (Å²) in [6.45, 7) is 2.04. The highest BCUT2D eigenvalue weighted by Crippen LogP contribution is 2.46. The van der Waals surface area contributed by atoms with E-state index in [4.69, 9.17) is 5.73 Å². The summed E-state index contributed by atoms with van der Waals surface area (Å²) in [6.07, 6.45) is 0.809. The van der Waals surface area contributed by atoms with Gasteiger partial charge < -0.3 is 26.6 Å². The van der Waals surface area contributed by atoms with E-state index in [2.05, 4.69) is 5.32 Å². The molecule has 0 saturated carbocycles. The first-order valence-electron chi connectivity index (χ1n) is 14.8. The summed E-state index contributed by atoms with van der Waals surface area (Å²) in [5.41, 5.74) is 5.19. The summed E-state index contributed by atoms with van der Waals surface area (Å²) in [6, 6.07) is 5.11. The predicted octanol–water partition coefficient (Wildman–Crippen LogP) is 3.00. The highest BCUT2D eigenvalue weighted by atomic mass is 32.2. The van der Waals surface area contributed by atoms with Crippen molar-refractivity contribution in [2.75, 3.05) is 18.6 Å². The number of aliphatic carboxylic acids is 1. The van der Waals surface area contributed by atoms with E-state index in [0.717, 1.165) is 23.9 Å². The number of thioether (sulfide) groups is 1. The van der Waals surface area contributed by atoms with E-state index >= 15 is 13.2 Å². The van der Waals surface area contributed by atoms with Gasteiger partial charge in [0.15, 0.2) is 0 Å². The largest absolute Gasteiger partial charge is 0.508 e. The number of carbonyl (C=O) groups is 5. The van der Waals surface area contributed by atoms with Crippen molar-refractivity contribution in [2.24, 2.45) is 11.7 Å². The Morgan fingerprint density at radius 2 is 1.55 bits per heavy atom. The van der Waals surface area contributed by atoms with Crippen LogP contribution in [0.1, 0.15) is 37.8 Å². The van der Waals surface area contributed by atoms with Gasteiger partial charge in [0.05, 0.1) is 17.9 Å². The van der Waals surface area contributed by atoms with Gasteiger partial charge in [-0.15, -0.1) is 0 Å². The monoisotopic (exact) mass is 719 g/mol. The van der Waals surface area contributed by atoms with E-state index in [1.54, 1.807) is 13.8 Å². The highest BCUT2D eigenvalue weighted by molar-refractivity contribution is 7.98. The van der Waals surface area contributed by atoms with Crippen molar-refractivity contribution in [1.82, 2.24) is 20.9 Å². The number of imide groups is 1. The fourth-order valence-electron chi connectivity index (χ4n) is 4.66. The van der Waals surface area contributed by atoms with Crippen LogP contribution in [0.2, 0.25) is 0 Å². The molecule has 4 amide bonds. The van der Waals surface area contributed by atoms with E-state index in [0.29, 0.717) is 17.7 Å². The Kier molecular flexibility index (Phi) is 14.9. The van der Waals surface area contributed by atoms with Crippen molar-refractivity contribution in [3.63, 3.8) is 0 Å². The van der Waals surface area contributed by atoms with E-state index in [-0.39, 0.29) is 30.3 Å². The minimum absolute atomic E-state index is 0.00304. The number of alkyl halides is 3. The van der Waals surface area contributed by atoms with Gasteiger partial charge in [-0.25, -0.2) is 9.18 Å². The van der Waals surface area contributed by atoms with Gasteiger partial charge in [0.25, 0.3) is 5.91 Å². The number of carboxylic acids is 1. The van der Waals surface area contributed by atoms with Crippen LogP contribution in [0.4, 0.5) is 22.1 Å². The number of rotatable bonds is 18. The van der Waals surface area contributed by atoms with E-state index < -0.39 is 88.2 Å². The Morgan fingerprint density at radius 1 is 0.959 bits per heavy atom. The van der Waals surface area contributed by atoms with Gasteiger partial charge in [0.1, 0.15) is 17.8 Å². The van der Waals surface area contributed by atoms with Crippen LogP contribution in [-0.4, -0.2) is 92.5 Å². The molecule has 0 aromatic heterocycles. The second-order valence-corrected chi connectivity index (χ2v) is 12.4. The zero-order valence-electron chi connectivity index (χ0n) is 26.7. The van der Waals surface area contributed by atoms with Crippen LogP contribution in [0.25, 0.3) is 0 Å². The first-order valence-corrected chi connectivity index (χ1v) is 16.2. The Balaban J connectivity index is 2.39. The molecule has 49 heavy (non-hydrogen) atoms. The molecule has 2 rings (SSSR count). The fraction of sp³-hybridized carbons (Fsp3) is 0.452. The zero-order chi connectivity index (χ0) is 37.1. The lowest BCUT2D eigenvalue weighted by molar-refractivity contribution is -0.337. The molecule has 6 N–H and O–H groups in total. The van der Waals surface area contributed by atoms with Gasteiger partial charge in [0.2, 0.25) is 17.7 Å². The third-order valence-electron chi connectivity index (χ3n) is 7.23. The Morgan fingerprint density at radius 3 is 2.06 bits per heavy atom.